The Bertz CT molecular complexity index is 660. The van der Waals surface area contributed by atoms with Crippen molar-refractivity contribution in [1.82, 2.24) is 16.0 Å². The van der Waals surface area contributed by atoms with Gasteiger partial charge >= 0.3 is 11.9 Å². The highest BCUT2D eigenvalue weighted by Crippen LogP contribution is 2.02. The maximum Gasteiger partial charge on any atom is 0.326 e. The summed E-state index contributed by atoms with van der Waals surface area (Å²) in [6, 6.07) is -3.75. The van der Waals surface area contributed by atoms with E-state index in [1.165, 1.54) is 11.8 Å². The molecule has 0 aliphatic carbocycles. The second-order valence-electron chi connectivity index (χ2n) is 6.23. The van der Waals surface area contributed by atoms with Gasteiger partial charge in [-0.25, -0.2) is 4.79 Å². The molecular weight excluding hydrogens is 422 g/mol. The molecule has 0 radical (unpaired) electrons. The summed E-state index contributed by atoms with van der Waals surface area (Å²) in [6.07, 6.45) is 0.995. The lowest BCUT2D eigenvalue weighted by Crippen LogP contribution is -2.53. The fourth-order valence-corrected chi connectivity index (χ4v) is 2.61. The SMILES string of the molecule is CSCCC(N)C(=O)NC(CCC(N)=O)C(=O)NCC(=O)NC(CC(=O)O)C(=O)O. The lowest BCUT2D eigenvalue weighted by Gasteiger charge is -2.20. The van der Waals surface area contributed by atoms with Crippen molar-refractivity contribution in [3.8, 4) is 0 Å². The van der Waals surface area contributed by atoms with Crippen LogP contribution >= 0.6 is 11.8 Å². The van der Waals surface area contributed by atoms with Crippen LogP contribution < -0.4 is 27.4 Å². The fraction of sp³-hybridized carbons (Fsp3) is 0.625. The summed E-state index contributed by atoms with van der Waals surface area (Å²) in [5.41, 5.74) is 10.8. The fourth-order valence-electron chi connectivity index (χ4n) is 2.12. The zero-order valence-electron chi connectivity index (χ0n) is 16.4. The van der Waals surface area contributed by atoms with Gasteiger partial charge in [0.1, 0.15) is 12.1 Å². The summed E-state index contributed by atoms with van der Waals surface area (Å²) >= 11 is 1.48. The lowest BCUT2D eigenvalue weighted by molar-refractivity contribution is -0.147. The van der Waals surface area contributed by atoms with E-state index >= 15 is 0 Å². The number of thioether (sulfide) groups is 1. The molecule has 0 saturated carbocycles. The molecule has 0 aliphatic heterocycles. The molecule has 170 valence electrons. The molecule has 0 spiro atoms. The van der Waals surface area contributed by atoms with Gasteiger partial charge in [-0.3, -0.25) is 24.0 Å². The number of carbonyl (C=O) groups is 6. The van der Waals surface area contributed by atoms with Crippen LogP contribution in [0, 0.1) is 0 Å². The third kappa shape index (κ3) is 11.9. The van der Waals surface area contributed by atoms with Gasteiger partial charge in [0.05, 0.1) is 19.0 Å². The maximum absolute atomic E-state index is 12.3. The van der Waals surface area contributed by atoms with Crippen LogP contribution in [0.15, 0.2) is 0 Å². The Hall–Kier alpha value is -2.87. The first-order valence-corrected chi connectivity index (χ1v) is 10.2. The molecule has 3 atom stereocenters. The standard InChI is InChI=1S/C16H27N5O8S/c1-30-5-4-8(17)14(26)21-9(2-3-11(18)22)15(27)19-7-12(23)20-10(16(28)29)6-13(24)25/h8-10H,2-7,17H2,1H3,(H2,18,22)(H,19,27)(H,20,23)(H,21,26)(H,24,25)(H,28,29). The van der Waals surface area contributed by atoms with Gasteiger partial charge < -0.3 is 37.6 Å². The van der Waals surface area contributed by atoms with Gasteiger partial charge in [0.2, 0.25) is 23.6 Å². The minimum absolute atomic E-state index is 0.138. The van der Waals surface area contributed by atoms with Gasteiger partial charge in [0.15, 0.2) is 0 Å². The average Bonchev–Trinajstić information content (AvgIpc) is 2.65. The van der Waals surface area contributed by atoms with E-state index in [1.807, 2.05) is 11.6 Å². The van der Waals surface area contributed by atoms with E-state index < -0.39 is 66.7 Å². The number of nitrogens with two attached hydrogens (primary N) is 2. The largest absolute Gasteiger partial charge is 0.481 e. The zero-order chi connectivity index (χ0) is 23.3. The van der Waals surface area contributed by atoms with Gasteiger partial charge in [-0.05, 0) is 24.9 Å². The van der Waals surface area contributed by atoms with E-state index in [9.17, 15) is 28.8 Å². The first-order chi connectivity index (χ1) is 14.0. The molecular formula is C16H27N5O8S. The quantitative estimate of drug-likeness (QED) is 0.134. The van der Waals surface area contributed by atoms with Crippen molar-refractivity contribution in [2.75, 3.05) is 18.6 Å². The second-order valence-corrected chi connectivity index (χ2v) is 7.21. The number of hydrogen-bond donors (Lipinski definition) is 7. The van der Waals surface area contributed by atoms with E-state index in [2.05, 4.69) is 10.6 Å². The number of carboxylic acid groups (broad SMARTS) is 2. The van der Waals surface area contributed by atoms with E-state index in [-0.39, 0.29) is 12.8 Å². The molecule has 0 heterocycles. The summed E-state index contributed by atoms with van der Waals surface area (Å²) in [6.45, 7) is -0.677. The third-order valence-corrected chi connectivity index (χ3v) is 4.36. The summed E-state index contributed by atoms with van der Waals surface area (Å²) in [4.78, 5) is 68.9. The topological polar surface area (TPSA) is 231 Å². The van der Waals surface area contributed by atoms with Crippen molar-refractivity contribution in [2.24, 2.45) is 11.5 Å². The first-order valence-electron chi connectivity index (χ1n) is 8.82. The molecule has 3 unspecified atom stereocenters. The van der Waals surface area contributed by atoms with E-state index in [1.54, 1.807) is 0 Å². The summed E-state index contributed by atoms with van der Waals surface area (Å²) < 4.78 is 0. The molecule has 9 N–H and O–H groups in total. The average molecular weight is 449 g/mol. The van der Waals surface area contributed by atoms with E-state index in [0.29, 0.717) is 12.2 Å². The normalized spacial score (nSPS) is 13.4. The van der Waals surface area contributed by atoms with E-state index in [4.69, 9.17) is 21.7 Å². The summed E-state index contributed by atoms with van der Waals surface area (Å²) in [7, 11) is 0. The van der Waals surface area contributed by atoms with Gasteiger partial charge in [-0.1, -0.05) is 0 Å². The number of primary amides is 1. The van der Waals surface area contributed by atoms with Crippen molar-refractivity contribution in [1.29, 1.82) is 0 Å². The molecule has 0 rings (SSSR count). The number of carboxylic acids is 2. The molecule has 4 amide bonds. The molecule has 0 bridgehead atoms. The maximum atomic E-state index is 12.3. The Kier molecular flexibility index (Phi) is 12.8. The highest BCUT2D eigenvalue weighted by atomic mass is 32.2. The molecule has 13 nitrogen and oxygen atoms in total. The minimum atomic E-state index is -1.67. The van der Waals surface area contributed by atoms with Crippen molar-refractivity contribution in [2.45, 2.75) is 43.8 Å². The zero-order valence-corrected chi connectivity index (χ0v) is 17.2. The van der Waals surface area contributed by atoms with Crippen LogP contribution in [0.3, 0.4) is 0 Å². The molecule has 30 heavy (non-hydrogen) atoms. The molecule has 0 aliphatic rings. The van der Waals surface area contributed by atoms with Crippen LogP contribution in [-0.4, -0.2) is 82.5 Å². The van der Waals surface area contributed by atoms with Crippen LogP contribution in [0.25, 0.3) is 0 Å². The smallest absolute Gasteiger partial charge is 0.326 e. The Morgan fingerprint density at radius 2 is 1.60 bits per heavy atom. The predicted molar refractivity (Wildman–Crippen MR) is 106 cm³/mol. The molecule has 0 saturated heterocycles. The molecule has 0 aromatic carbocycles. The lowest BCUT2D eigenvalue weighted by atomic mass is 10.1. The number of aliphatic carboxylic acids is 2. The third-order valence-electron chi connectivity index (χ3n) is 3.72. The van der Waals surface area contributed by atoms with Gasteiger partial charge in [0, 0.05) is 6.42 Å². The van der Waals surface area contributed by atoms with Gasteiger partial charge in [-0.2, -0.15) is 11.8 Å². The molecule has 0 aromatic rings. The molecule has 0 aromatic heterocycles. The number of amides is 4. The van der Waals surface area contributed by atoms with Crippen LogP contribution in [0.5, 0.6) is 0 Å². The van der Waals surface area contributed by atoms with Crippen molar-refractivity contribution >= 4 is 47.3 Å². The number of nitrogens with one attached hydrogen (secondary N) is 3. The van der Waals surface area contributed by atoms with Gasteiger partial charge in [-0.15, -0.1) is 0 Å². The predicted octanol–water partition coefficient (Wildman–Crippen LogP) is -3.02. The van der Waals surface area contributed by atoms with E-state index in [0.717, 1.165) is 0 Å². The van der Waals surface area contributed by atoms with Crippen LogP contribution in [-0.2, 0) is 28.8 Å². The number of rotatable bonds is 15. The number of hydrogen-bond acceptors (Lipinski definition) is 8. The molecule has 0 fully saturated rings. The van der Waals surface area contributed by atoms with Crippen LogP contribution in [0.4, 0.5) is 0 Å². The Balaban J connectivity index is 4.88. The summed E-state index contributed by atoms with van der Waals surface area (Å²) in [5, 5.41) is 24.1. The first kappa shape index (κ1) is 27.1. The minimum Gasteiger partial charge on any atom is -0.481 e. The van der Waals surface area contributed by atoms with Crippen molar-refractivity contribution in [3.63, 3.8) is 0 Å². The monoisotopic (exact) mass is 449 g/mol. The van der Waals surface area contributed by atoms with Crippen LogP contribution in [0.2, 0.25) is 0 Å². The number of carbonyl (C=O) groups excluding carboxylic acids is 4. The second kappa shape index (κ2) is 14.2. The summed E-state index contributed by atoms with van der Waals surface area (Å²) in [5.74, 6) is -5.46. The van der Waals surface area contributed by atoms with Gasteiger partial charge in [0.25, 0.3) is 0 Å². The highest BCUT2D eigenvalue weighted by Gasteiger charge is 2.26. The Labute approximate surface area is 176 Å². The Morgan fingerprint density at radius 3 is 2.10 bits per heavy atom. The highest BCUT2D eigenvalue weighted by molar-refractivity contribution is 7.98. The van der Waals surface area contributed by atoms with Crippen molar-refractivity contribution in [3.05, 3.63) is 0 Å². The van der Waals surface area contributed by atoms with Crippen LogP contribution in [0.1, 0.15) is 25.7 Å². The Morgan fingerprint density at radius 1 is 0.967 bits per heavy atom. The van der Waals surface area contributed by atoms with Crippen molar-refractivity contribution < 1.29 is 39.0 Å². The molecule has 14 heteroatoms.